The maximum atomic E-state index is 13.0. The molecule has 0 bridgehead atoms. The van der Waals surface area contributed by atoms with Gasteiger partial charge in [-0.2, -0.15) is 11.8 Å². The summed E-state index contributed by atoms with van der Waals surface area (Å²) < 4.78 is 0. The fourth-order valence-electron chi connectivity index (χ4n) is 2.75. The van der Waals surface area contributed by atoms with Gasteiger partial charge in [-0.1, -0.05) is 0 Å². The third-order valence-corrected chi connectivity index (χ3v) is 5.19. The predicted molar refractivity (Wildman–Crippen MR) is 128 cm³/mol. The Morgan fingerprint density at radius 3 is 2.12 bits per heavy atom. The number of unbranched alkanes of at least 4 members (excludes halogenated alkanes) is 1. The molecule has 0 heterocycles. The molecule has 3 unspecified atom stereocenters. The number of nitrogens with one attached hydrogen (secondary N) is 3. The Hall–Kier alpha value is -2.58. The Balaban J connectivity index is 5.30. The van der Waals surface area contributed by atoms with Gasteiger partial charge in [0, 0.05) is 6.54 Å². The zero-order chi connectivity index (χ0) is 25.2. The number of carboxylic acid groups (broad SMARTS) is 1. The molecule has 0 saturated heterocycles. The summed E-state index contributed by atoms with van der Waals surface area (Å²) in [5, 5.41) is 16.3. The molecule has 0 aliphatic heterocycles. The summed E-state index contributed by atoms with van der Waals surface area (Å²) in [6.07, 6.45) is 4.36. The first-order valence-corrected chi connectivity index (χ1v) is 12.1. The lowest BCUT2D eigenvalue weighted by molar-refractivity contribution is -0.138. The van der Waals surface area contributed by atoms with Crippen LogP contribution in [0.25, 0.3) is 0 Å². The number of aliphatic imine (C=N–C) groups is 1. The third kappa shape index (κ3) is 15.0. The molecule has 12 N–H and O–H groups in total. The van der Waals surface area contributed by atoms with Crippen molar-refractivity contribution in [2.24, 2.45) is 27.9 Å². The molecule has 0 aliphatic rings. The highest BCUT2D eigenvalue weighted by Crippen LogP contribution is 2.06. The highest BCUT2D eigenvalue weighted by Gasteiger charge is 2.27. The van der Waals surface area contributed by atoms with Gasteiger partial charge in [-0.05, 0) is 57.1 Å². The van der Waals surface area contributed by atoms with Gasteiger partial charge in [-0.15, -0.1) is 0 Å². The molecule has 0 aromatic heterocycles. The molecule has 190 valence electrons. The van der Waals surface area contributed by atoms with E-state index in [1.54, 1.807) is 11.8 Å². The van der Waals surface area contributed by atoms with Crippen LogP contribution in [0.4, 0.5) is 0 Å². The van der Waals surface area contributed by atoms with Gasteiger partial charge in [0.15, 0.2) is 5.96 Å². The van der Waals surface area contributed by atoms with E-state index >= 15 is 0 Å². The average molecular weight is 491 g/mol. The van der Waals surface area contributed by atoms with E-state index in [-0.39, 0.29) is 25.3 Å². The highest BCUT2D eigenvalue weighted by molar-refractivity contribution is 7.98. The summed E-state index contributed by atoms with van der Waals surface area (Å²) in [7, 11) is 0. The van der Waals surface area contributed by atoms with Crippen molar-refractivity contribution >= 4 is 41.4 Å². The molecular weight excluding hydrogens is 452 g/mol. The second kappa shape index (κ2) is 17.9. The monoisotopic (exact) mass is 490 g/mol. The molecule has 14 heteroatoms. The van der Waals surface area contributed by atoms with Crippen molar-refractivity contribution in [1.82, 2.24) is 16.0 Å². The van der Waals surface area contributed by atoms with Crippen LogP contribution >= 0.6 is 11.8 Å². The number of hydrogen-bond acceptors (Lipinski definition) is 8. The molecule has 0 rings (SSSR count). The molecule has 0 radical (unpaired) electrons. The van der Waals surface area contributed by atoms with E-state index in [0.717, 1.165) is 0 Å². The minimum Gasteiger partial charge on any atom is -0.480 e. The summed E-state index contributed by atoms with van der Waals surface area (Å²) in [4.78, 5) is 52.4. The normalized spacial score (nSPS) is 13.3. The molecule has 3 atom stereocenters. The number of carboxylic acids is 1. The van der Waals surface area contributed by atoms with Crippen LogP contribution in [-0.2, 0) is 19.2 Å². The topological polar surface area (TPSA) is 241 Å². The van der Waals surface area contributed by atoms with Gasteiger partial charge in [0.1, 0.15) is 18.6 Å². The van der Waals surface area contributed by atoms with Gasteiger partial charge < -0.3 is 44.0 Å². The number of thioether (sulfide) groups is 1. The largest absolute Gasteiger partial charge is 0.480 e. The zero-order valence-corrected chi connectivity index (χ0v) is 19.9. The lowest BCUT2D eigenvalue weighted by Gasteiger charge is -2.24. The van der Waals surface area contributed by atoms with Gasteiger partial charge in [-0.25, -0.2) is 0 Å². The van der Waals surface area contributed by atoms with Crippen molar-refractivity contribution < 1.29 is 24.3 Å². The standard InChI is InChI=1S/C19H38N8O5S/c1-33-10-7-12(21)16(30)26-14(6-4-9-24-19(22)23)18(32)27-13(5-2-3-8-20)17(31)25-11-15(28)29/h12-14H,2-11,20-21H2,1H3,(H,25,31)(H,26,30)(H,27,32)(H,28,29)(H4,22,23,24). The van der Waals surface area contributed by atoms with Crippen LogP contribution in [0, 0.1) is 0 Å². The molecular formula is C19H38N8O5S. The lowest BCUT2D eigenvalue weighted by atomic mass is 10.1. The van der Waals surface area contributed by atoms with Crippen LogP contribution in [0.5, 0.6) is 0 Å². The van der Waals surface area contributed by atoms with E-state index in [9.17, 15) is 19.2 Å². The van der Waals surface area contributed by atoms with Crippen molar-refractivity contribution in [2.75, 3.05) is 31.6 Å². The molecule has 0 fully saturated rings. The molecule has 0 aliphatic carbocycles. The van der Waals surface area contributed by atoms with Crippen molar-refractivity contribution in [2.45, 2.75) is 56.7 Å². The minimum absolute atomic E-state index is 0.0887. The zero-order valence-electron chi connectivity index (χ0n) is 19.0. The summed E-state index contributed by atoms with van der Waals surface area (Å²) in [6, 6.07) is -2.74. The Bertz CT molecular complexity index is 660. The van der Waals surface area contributed by atoms with Crippen molar-refractivity contribution in [3.63, 3.8) is 0 Å². The first kappa shape index (κ1) is 30.4. The Labute approximate surface area is 198 Å². The number of nitrogens with zero attached hydrogens (tertiary/aromatic N) is 1. The van der Waals surface area contributed by atoms with E-state index < -0.39 is 48.4 Å². The molecule has 0 aromatic rings. The van der Waals surface area contributed by atoms with Gasteiger partial charge >= 0.3 is 5.97 Å². The van der Waals surface area contributed by atoms with Crippen LogP contribution in [0.15, 0.2) is 4.99 Å². The summed E-state index contributed by atoms with van der Waals surface area (Å²) in [5.41, 5.74) is 22.0. The van der Waals surface area contributed by atoms with Gasteiger partial charge in [0.25, 0.3) is 0 Å². The third-order valence-electron chi connectivity index (χ3n) is 4.54. The number of carbonyl (C=O) groups is 4. The van der Waals surface area contributed by atoms with Crippen molar-refractivity contribution in [1.29, 1.82) is 0 Å². The fourth-order valence-corrected chi connectivity index (χ4v) is 3.24. The second-order valence-corrected chi connectivity index (χ2v) is 8.34. The molecule has 0 spiro atoms. The number of aliphatic carboxylic acids is 1. The smallest absolute Gasteiger partial charge is 0.322 e. The highest BCUT2D eigenvalue weighted by atomic mass is 32.2. The van der Waals surface area contributed by atoms with Crippen molar-refractivity contribution in [3.05, 3.63) is 0 Å². The number of amides is 3. The van der Waals surface area contributed by atoms with Crippen LogP contribution < -0.4 is 38.9 Å². The molecule has 3 amide bonds. The summed E-state index contributed by atoms with van der Waals surface area (Å²) >= 11 is 1.55. The van der Waals surface area contributed by atoms with E-state index in [1.165, 1.54) is 0 Å². The molecule has 13 nitrogen and oxygen atoms in total. The number of hydrogen-bond donors (Lipinski definition) is 8. The maximum Gasteiger partial charge on any atom is 0.322 e. The average Bonchev–Trinajstić information content (AvgIpc) is 2.76. The predicted octanol–water partition coefficient (Wildman–Crippen LogP) is -2.58. The van der Waals surface area contributed by atoms with E-state index in [1.807, 2.05) is 6.26 Å². The van der Waals surface area contributed by atoms with Gasteiger partial charge in [0.2, 0.25) is 17.7 Å². The SMILES string of the molecule is CSCCC(N)C(=O)NC(CCCN=C(N)N)C(=O)NC(CCCCN)C(=O)NCC(=O)O. The maximum absolute atomic E-state index is 13.0. The first-order valence-electron chi connectivity index (χ1n) is 10.7. The van der Waals surface area contributed by atoms with E-state index in [0.29, 0.717) is 38.0 Å². The molecule has 0 aromatic carbocycles. The summed E-state index contributed by atoms with van der Waals surface area (Å²) in [5.74, 6) is -2.32. The quantitative estimate of drug-likeness (QED) is 0.0566. The minimum atomic E-state index is -1.21. The molecule has 33 heavy (non-hydrogen) atoms. The second-order valence-electron chi connectivity index (χ2n) is 7.36. The van der Waals surface area contributed by atoms with Crippen LogP contribution in [-0.4, -0.2) is 84.5 Å². The Morgan fingerprint density at radius 2 is 1.55 bits per heavy atom. The number of rotatable bonds is 18. The van der Waals surface area contributed by atoms with Crippen molar-refractivity contribution in [3.8, 4) is 0 Å². The first-order chi connectivity index (χ1) is 15.6. The fraction of sp³-hybridized carbons (Fsp3) is 0.737. The van der Waals surface area contributed by atoms with Gasteiger partial charge in [-0.3, -0.25) is 24.2 Å². The number of guanidine groups is 1. The van der Waals surface area contributed by atoms with Crippen LogP contribution in [0.2, 0.25) is 0 Å². The van der Waals surface area contributed by atoms with E-state index in [4.69, 9.17) is 28.0 Å². The summed E-state index contributed by atoms with van der Waals surface area (Å²) in [6.45, 7) is 0.0828. The van der Waals surface area contributed by atoms with Crippen LogP contribution in [0.3, 0.4) is 0 Å². The van der Waals surface area contributed by atoms with E-state index in [2.05, 4.69) is 20.9 Å². The Morgan fingerprint density at radius 1 is 0.939 bits per heavy atom. The van der Waals surface area contributed by atoms with Gasteiger partial charge in [0.05, 0.1) is 6.04 Å². The number of nitrogens with two attached hydrogens (primary N) is 4. The Kier molecular flexibility index (Phi) is 16.5. The number of carbonyl (C=O) groups excluding carboxylic acids is 3. The van der Waals surface area contributed by atoms with Crippen LogP contribution in [0.1, 0.15) is 38.5 Å². The lowest BCUT2D eigenvalue weighted by Crippen LogP contribution is -2.56. The molecule has 0 saturated carbocycles.